The average molecular weight is 530 g/mol. The zero-order chi connectivity index (χ0) is 26.8. The van der Waals surface area contributed by atoms with Crippen molar-refractivity contribution in [2.75, 3.05) is 24.4 Å². The van der Waals surface area contributed by atoms with E-state index in [1.165, 1.54) is 41.3 Å². The molecular weight excluding hydrogens is 506 g/mol. The van der Waals surface area contributed by atoms with Gasteiger partial charge in [0.05, 0.1) is 16.9 Å². The molecule has 1 heterocycles. The van der Waals surface area contributed by atoms with Crippen molar-refractivity contribution in [1.29, 1.82) is 0 Å². The predicted molar refractivity (Wildman–Crippen MR) is 132 cm³/mol. The number of unbranched alkanes of at least 4 members (excludes halogenated alkanes) is 1. The molecule has 0 aliphatic heterocycles. The number of hydrogen-bond acceptors (Lipinski definition) is 8. The Morgan fingerprint density at radius 1 is 1.05 bits per heavy atom. The number of aromatic carboxylic acids is 1. The zero-order valence-electron chi connectivity index (χ0n) is 19.7. The fraction of sp³-hybridized carbons (Fsp3) is 0.261. The first kappa shape index (κ1) is 27.2. The molecule has 2 aromatic carbocycles. The highest BCUT2D eigenvalue weighted by molar-refractivity contribution is 6.40. The van der Waals surface area contributed by atoms with E-state index in [2.05, 4.69) is 31.5 Å². The highest BCUT2D eigenvalue weighted by Crippen LogP contribution is 2.23. The number of nitrogens with one attached hydrogen (secondary N) is 3. The van der Waals surface area contributed by atoms with Crippen molar-refractivity contribution < 1.29 is 29.0 Å². The second-order valence-electron chi connectivity index (χ2n) is 7.76. The second-order valence-corrected chi connectivity index (χ2v) is 8.19. The Kier molecular flexibility index (Phi) is 9.63. The first-order chi connectivity index (χ1) is 17.8. The molecule has 0 spiro atoms. The molecule has 0 bridgehead atoms. The van der Waals surface area contributed by atoms with E-state index in [1.807, 2.05) is 0 Å². The molecule has 37 heavy (non-hydrogen) atoms. The number of benzene rings is 2. The van der Waals surface area contributed by atoms with Gasteiger partial charge in [0.1, 0.15) is 12.4 Å². The van der Waals surface area contributed by atoms with Gasteiger partial charge in [-0.15, -0.1) is 5.10 Å². The maximum atomic E-state index is 12.9. The van der Waals surface area contributed by atoms with Crippen LogP contribution in [0.2, 0.25) is 5.02 Å². The van der Waals surface area contributed by atoms with Crippen LogP contribution in [-0.2, 0) is 19.1 Å². The molecule has 1 unspecified atom stereocenters. The minimum Gasteiger partial charge on any atom is -0.478 e. The van der Waals surface area contributed by atoms with Crippen molar-refractivity contribution in [2.24, 2.45) is 0 Å². The van der Waals surface area contributed by atoms with Crippen molar-refractivity contribution in [2.45, 2.75) is 25.3 Å². The number of tetrazole rings is 1. The molecule has 0 radical (unpaired) electrons. The van der Waals surface area contributed by atoms with E-state index in [9.17, 15) is 19.2 Å². The Hall–Kier alpha value is -4.36. The van der Waals surface area contributed by atoms with E-state index < -0.39 is 29.7 Å². The van der Waals surface area contributed by atoms with Crippen LogP contribution in [0.15, 0.2) is 48.8 Å². The van der Waals surface area contributed by atoms with Crippen LogP contribution >= 0.6 is 11.6 Å². The normalized spacial score (nSPS) is 11.4. The summed E-state index contributed by atoms with van der Waals surface area (Å²) in [5.74, 6) is -3.75. The van der Waals surface area contributed by atoms with Crippen LogP contribution in [-0.4, -0.2) is 68.8 Å². The highest BCUT2D eigenvalue weighted by atomic mass is 35.5. The highest BCUT2D eigenvalue weighted by Gasteiger charge is 2.25. The minimum atomic E-state index is -1.10. The summed E-state index contributed by atoms with van der Waals surface area (Å²) < 4.78 is 6.30. The smallest absolute Gasteiger partial charge is 0.335 e. The summed E-state index contributed by atoms with van der Waals surface area (Å²) in [4.78, 5) is 49.4. The number of carbonyl (C=O) groups is 4. The van der Waals surface area contributed by atoms with E-state index in [1.54, 1.807) is 19.2 Å². The summed E-state index contributed by atoms with van der Waals surface area (Å²) in [5, 5.41) is 27.7. The van der Waals surface area contributed by atoms with Gasteiger partial charge in [0, 0.05) is 24.4 Å². The number of carboxylic acids is 1. The number of aromatic nitrogens is 4. The zero-order valence-corrected chi connectivity index (χ0v) is 20.4. The number of hydrogen-bond donors (Lipinski definition) is 4. The molecule has 1 atom stereocenters. The molecule has 14 heteroatoms. The number of halogens is 1. The van der Waals surface area contributed by atoms with Crippen LogP contribution in [0.25, 0.3) is 5.69 Å². The number of methoxy groups -OCH3 is 1. The van der Waals surface area contributed by atoms with Gasteiger partial charge in [0.2, 0.25) is 5.91 Å². The Morgan fingerprint density at radius 2 is 1.81 bits per heavy atom. The van der Waals surface area contributed by atoms with Crippen LogP contribution < -0.4 is 16.0 Å². The lowest BCUT2D eigenvalue weighted by molar-refractivity contribution is -0.137. The first-order valence-corrected chi connectivity index (χ1v) is 11.4. The van der Waals surface area contributed by atoms with E-state index in [0.717, 1.165) is 0 Å². The van der Waals surface area contributed by atoms with Crippen LogP contribution in [0.4, 0.5) is 11.4 Å². The van der Waals surface area contributed by atoms with Gasteiger partial charge in [0.25, 0.3) is 0 Å². The van der Waals surface area contributed by atoms with Crippen molar-refractivity contribution in [3.63, 3.8) is 0 Å². The van der Waals surface area contributed by atoms with Gasteiger partial charge < -0.3 is 25.8 Å². The summed E-state index contributed by atoms with van der Waals surface area (Å²) in [5.41, 5.74) is 0.940. The Morgan fingerprint density at radius 3 is 2.46 bits per heavy atom. The van der Waals surface area contributed by atoms with E-state index in [0.29, 0.717) is 35.8 Å². The van der Waals surface area contributed by atoms with Crippen LogP contribution in [0.3, 0.4) is 0 Å². The maximum absolute atomic E-state index is 12.9. The number of carbonyl (C=O) groups excluding carboxylic acids is 3. The van der Waals surface area contributed by atoms with Crippen molar-refractivity contribution in [3.8, 4) is 5.69 Å². The molecule has 4 N–H and O–H groups in total. The number of carboxylic acid groups (broad SMARTS) is 1. The number of amides is 3. The lowest BCUT2D eigenvalue weighted by atomic mass is 10.1. The molecule has 0 aliphatic rings. The monoisotopic (exact) mass is 529 g/mol. The third kappa shape index (κ3) is 7.81. The van der Waals surface area contributed by atoms with Gasteiger partial charge in [-0.05, 0) is 72.2 Å². The topological polar surface area (TPSA) is 177 Å². The van der Waals surface area contributed by atoms with Crippen molar-refractivity contribution >= 4 is 46.7 Å². The molecule has 3 aromatic rings. The molecule has 0 saturated carbocycles. The van der Waals surface area contributed by atoms with E-state index in [-0.39, 0.29) is 17.7 Å². The van der Waals surface area contributed by atoms with Crippen molar-refractivity contribution in [1.82, 2.24) is 25.5 Å². The molecule has 0 fully saturated rings. The van der Waals surface area contributed by atoms with Gasteiger partial charge >= 0.3 is 17.8 Å². The fourth-order valence-electron chi connectivity index (χ4n) is 3.27. The number of nitrogens with zero attached hydrogens (tertiary/aromatic N) is 4. The molecular formula is C23H24ClN7O6. The molecule has 0 aliphatic carbocycles. The number of anilines is 2. The van der Waals surface area contributed by atoms with Gasteiger partial charge in [-0.3, -0.25) is 14.4 Å². The lowest BCUT2D eigenvalue weighted by Crippen LogP contribution is -2.47. The standard InChI is InChI=1S/C23H24ClN7O6/c1-37-11-3-2-4-17(20(32)26-16-8-5-14(6-9-16)23(35)36)27-21(33)22(34)28-18-12-15(24)7-10-19(18)31-13-25-29-30-31/h5-10,12-13,17H,2-4,11H2,1H3,(H,26,32)(H,27,33)(H,28,34)(H,35,36). The van der Waals surface area contributed by atoms with Crippen LogP contribution in [0, 0.1) is 0 Å². The van der Waals surface area contributed by atoms with E-state index in [4.69, 9.17) is 21.4 Å². The number of ether oxygens (including phenoxy) is 1. The third-order valence-electron chi connectivity index (χ3n) is 5.12. The Bertz CT molecular complexity index is 1250. The van der Waals surface area contributed by atoms with Gasteiger partial charge in [-0.25, -0.2) is 4.79 Å². The van der Waals surface area contributed by atoms with Crippen LogP contribution in [0.5, 0.6) is 0 Å². The second kappa shape index (κ2) is 13.1. The lowest BCUT2D eigenvalue weighted by Gasteiger charge is -2.19. The molecule has 3 amide bonds. The SMILES string of the molecule is COCCCCC(NC(=O)C(=O)Nc1cc(Cl)ccc1-n1cnnn1)C(=O)Nc1ccc(C(=O)O)cc1. The Labute approximate surface area is 216 Å². The quantitative estimate of drug-likeness (QED) is 0.213. The molecule has 0 saturated heterocycles. The molecule has 3 rings (SSSR count). The largest absolute Gasteiger partial charge is 0.478 e. The Balaban J connectivity index is 1.70. The summed E-state index contributed by atoms with van der Waals surface area (Å²) >= 11 is 6.05. The summed E-state index contributed by atoms with van der Waals surface area (Å²) in [6.45, 7) is 0.466. The van der Waals surface area contributed by atoms with Gasteiger partial charge in [0.15, 0.2) is 0 Å². The summed E-state index contributed by atoms with van der Waals surface area (Å²) in [6, 6.07) is 9.04. The maximum Gasteiger partial charge on any atom is 0.335 e. The predicted octanol–water partition coefficient (Wildman–Crippen LogP) is 1.89. The first-order valence-electron chi connectivity index (χ1n) is 11.1. The molecule has 13 nitrogen and oxygen atoms in total. The summed E-state index contributed by atoms with van der Waals surface area (Å²) in [7, 11) is 1.55. The van der Waals surface area contributed by atoms with E-state index >= 15 is 0 Å². The summed E-state index contributed by atoms with van der Waals surface area (Å²) in [6.07, 6.45) is 2.70. The fourth-order valence-corrected chi connectivity index (χ4v) is 3.44. The average Bonchev–Trinajstić information content (AvgIpc) is 3.41. The van der Waals surface area contributed by atoms with Gasteiger partial charge in [-0.2, -0.15) is 4.68 Å². The van der Waals surface area contributed by atoms with Crippen molar-refractivity contribution in [3.05, 3.63) is 59.4 Å². The number of rotatable bonds is 11. The minimum absolute atomic E-state index is 0.0566. The molecule has 1 aromatic heterocycles. The third-order valence-corrected chi connectivity index (χ3v) is 5.36. The molecule has 194 valence electrons. The van der Waals surface area contributed by atoms with Gasteiger partial charge in [-0.1, -0.05) is 11.6 Å². The van der Waals surface area contributed by atoms with Crippen LogP contribution in [0.1, 0.15) is 29.6 Å².